The highest BCUT2D eigenvalue weighted by molar-refractivity contribution is 5.87. The van der Waals surface area contributed by atoms with E-state index in [-0.39, 0.29) is 29.7 Å². The number of carbonyl (C=O) groups is 3. The smallest absolute Gasteiger partial charge is 0.317 e. The van der Waals surface area contributed by atoms with Crippen molar-refractivity contribution in [2.24, 2.45) is 23.5 Å². The normalized spacial score (nSPS) is 25.2. The highest BCUT2D eigenvalue weighted by Gasteiger charge is 2.39. The molecule has 7 nitrogen and oxygen atoms in total. The van der Waals surface area contributed by atoms with Crippen molar-refractivity contribution in [3.05, 3.63) is 12.7 Å². The molecule has 0 bridgehead atoms. The summed E-state index contributed by atoms with van der Waals surface area (Å²) in [5, 5.41) is 2.81. The van der Waals surface area contributed by atoms with Gasteiger partial charge in [0.25, 0.3) is 0 Å². The zero-order chi connectivity index (χ0) is 18.6. The first kappa shape index (κ1) is 19.3. The van der Waals surface area contributed by atoms with E-state index in [0.29, 0.717) is 32.6 Å². The minimum atomic E-state index is -0.556. The van der Waals surface area contributed by atoms with E-state index in [2.05, 4.69) is 11.9 Å². The summed E-state index contributed by atoms with van der Waals surface area (Å²) in [6.45, 7) is 9.70. The van der Waals surface area contributed by atoms with Crippen LogP contribution in [-0.2, 0) is 9.59 Å². The molecule has 4 amide bonds. The van der Waals surface area contributed by atoms with Gasteiger partial charge in [0.15, 0.2) is 0 Å². The molecule has 3 atom stereocenters. The van der Waals surface area contributed by atoms with Crippen LogP contribution in [-0.4, -0.2) is 59.9 Å². The molecule has 2 rings (SSSR count). The molecule has 0 aromatic carbocycles. The molecule has 0 aliphatic carbocycles. The molecule has 2 heterocycles. The van der Waals surface area contributed by atoms with Crippen LogP contribution in [0.25, 0.3) is 0 Å². The van der Waals surface area contributed by atoms with Crippen LogP contribution in [0.4, 0.5) is 4.79 Å². The van der Waals surface area contributed by atoms with Crippen molar-refractivity contribution in [2.75, 3.05) is 26.2 Å². The first-order valence-corrected chi connectivity index (χ1v) is 9.07. The molecule has 2 aliphatic rings. The van der Waals surface area contributed by atoms with E-state index in [9.17, 15) is 14.4 Å². The quantitative estimate of drug-likeness (QED) is 0.723. The summed E-state index contributed by atoms with van der Waals surface area (Å²) in [7, 11) is 0. The predicted molar refractivity (Wildman–Crippen MR) is 95.5 cm³/mol. The SMILES string of the molecule is C=CCNC(=O)N1CCC2CC(=O)N(C(C(N)=O)C(C)C)CCC2C1. The molecule has 0 aromatic heterocycles. The third-order valence-corrected chi connectivity index (χ3v) is 5.33. The van der Waals surface area contributed by atoms with Crippen molar-refractivity contribution < 1.29 is 14.4 Å². The van der Waals surface area contributed by atoms with Crippen LogP contribution in [0.3, 0.4) is 0 Å². The number of primary amides is 1. The van der Waals surface area contributed by atoms with Crippen molar-refractivity contribution in [1.29, 1.82) is 0 Å². The number of nitrogens with two attached hydrogens (primary N) is 1. The van der Waals surface area contributed by atoms with Crippen LogP contribution >= 0.6 is 0 Å². The Bertz CT molecular complexity index is 534. The van der Waals surface area contributed by atoms with Gasteiger partial charge in [0.1, 0.15) is 6.04 Å². The lowest BCUT2D eigenvalue weighted by atomic mass is 9.82. The minimum absolute atomic E-state index is 0.00885. The molecule has 0 saturated carbocycles. The lowest BCUT2D eigenvalue weighted by molar-refractivity contribution is -0.141. The van der Waals surface area contributed by atoms with E-state index >= 15 is 0 Å². The maximum absolute atomic E-state index is 12.7. The minimum Gasteiger partial charge on any atom is -0.368 e. The van der Waals surface area contributed by atoms with Gasteiger partial charge in [0.2, 0.25) is 11.8 Å². The van der Waals surface area contributed by atoms with Crippen LogP contribution in [0.15, 0.2) is 12.7 Å². The standard InChI is InChI=1S/C18H30N4O3/c1-4-7-20-18(25)21-8-5-13-10-15(23)22(9-6-14(13)11-21)16(12(2)3)17(19)24/h4,12-14,16H,1,5-11H2,2-3H3,(H2,19,24)(H,20,25). The molecule has 3 unspecified atom stereocenters. The average molecular weight is 350 g/mol. The van der Waals surface area contributed by atoms with Crippen LogP contribution in [0, 0.1) is 17.8 Å². The van der Waals surface area contributed by atoms with Gasteiger partial charge in [-0.1, -0.05) is 19.9 Å². The first-order valence-electron chi connectivity index (χ1n) is 9.07. The van der Waals surface area contributed by atoms with Gasteiger partial charge in [-0.2, -0.15) is 0 Å². The van der Waals surface area contributed by atoms with Crippen molar-refractivity contribution >= 4 is 17.8 Å². The number of amides is 4. The lowest BCUT2D eigenvalue weighted by Gasteiger charge is -2.37. The molecular weight excluding hydrogens is 320 g/mol. The number of nitrogens with zero attached hydrogens (tertiary/aromatic N) is 2. The highest BCUT2D eigenvalue weighted by Crippen LogP contribution is 2.33. The van der Waals surface area contributed by atoms with Gasteiger partial charge in [0, 0.05) is 32.6 Å². The number of urea groups is 1. The molecule has 2 aliphatic heterocycles. The Hall–Kier alpha value is -2.05. The Labute approximate surface area is 149 Å². The summed E-state index contributed by atoms with van der Waals surface area (Å²) < 4.78 is 0. The third kappa shape index (κ3) is 4.52. The highest BCUT2D eigenvalue weighted by atomic mass is 16.2. The summed E-state index contributed by atoms with van der Waals surface area (Å²) in [5.41, 5.74) is 5.53. The fraction of sp³-hybridized carbons (Fsp3) is 0.722. The lowest BCUT2D eigenvalue weighted by Crippen LogP contribution is -2.50. The second-order valence-corrected chi connectivity index (χ2v) is 7.40. The molecule has 0 spiro atoms. The van der Waals surface area contributed by atoms with Gasteiger partial charge in [-0.05, 0) is 30.6 Å². The van der Waals surface area contributed by atoms with Crippen molar-refractivity contribution in [2.45, 2.75) is 39.2 Å². The summed E-state index contributed by atoms with van der Waals surface area (Å²) in [6, 6.07) is -0.636. The fourth-order valence-corrected chi connectivity index (χ4v) is 4.04. The van der Waals surface area contributed by atoms with Crippen LogP contribution in [0.1, 0.15) is 33.1 Å². The Balaban J connectivity index is 2.05. The Kier molecular flexibility index (Phi) is 6.45. The number of nitrogens with one attached hydrogen (secondary N) is 1. The summed E-state index contributed by atoms with van der Waals surface area (Å²) >= 11 is 0. The topological polar surface area (TPSA) is 95.7 Å². The van der Waals surface area contributed by atoms with Gasteiger partial charge in [-0.15, -0.1) is 6.58 Å². The largest absolute Gasteiger partial charge is 0.368 e. The Morgan fingerprint density at radius 2 is 2.00 bits per heavy atom. The molecular formula is C18H30N4O3. The molecule has 2 saturated heterocycles. The van der Waals surface area contributed by atoms with Gasteiger partial charge in [-0.3, -0.25) is 9.59 Å². The number of likely N-dealkylation sites (tertiary alicyclic amines) is 2. The Morgan fingerprint density at radius 3 is 2.60 bits per heavy atom. The van der Waals surface area contributed by atoms with Gasteiger partial charge in [-0.25, -0.2) is 4.79 Å². The number of fused-ring (bicyclic) bond motifs is 1. The average Bonchev–Trinajstić information content (AvgIpc) is 2.71. The summed E-state index contributed by atoms with van der Waals surface area (Å²) in [6.07, 6.45) is 3.69. The van der Waals surface area contributed by atoms with E-state index in [1.807, 2.05) is 18.7 Å². The molecule has 7 heteroatoms. The van der Waals surface area contributed by atoms with Crippen molar-refractivity contribution in [1.82, 2.24) is 15.1 Å². The first-order chi connectivity index (χ1) is 11.8. The maximum atomic E-state index is 12.7. The van der Waals surface area contributed by atoms with Crippen molar-refractivity contribution in [3.63, 3.8) is 0 Å². The summed E-state index contributed by atoms with van der Waals surface area (Å²) in [4.78, 5) is 40.1. The number of hydrogen-bond acceptors (Lipinski definition) is 3. The zero-order valence-electron chi connectivity index (χ0n) is 15.2. The van der Waals surface area contributed by atoms with Crippen molar-refractivity contribution in [3.8, 4) is 0 Å². The van der Waals surface area contributed by atoms with Crippen LogP contribution in [0.2, 0.25) is 0 Å². The predicted octanol–water partition coefficient (Wildman–Crippen LogP) is 0.952. The van der Waals surface area contributed by atoms with Gasteiger partial charge < -0.3 is 20.9 Å². The monoisotopic (exact) mass is 350 g/mol. The molecule has 2 fully saturated rings. The third-order valence-electron chi connectivity index (χ3n) is 5.33. The number of hydrogen-bond donors (Lipinski definition) is 2. The molecule has 25 heavy (non-hydrogen) atoms. The van der Waals surface area contributed by atoms with E-state index in [0.717, 1.165) is 12.8 Å². The van der Waals surface area contributed by atoms with E-state index in [1.165, 1.54) is 0 Å². The number of carbonyl (C=O) groups excluding carboxylic acids is 3. The maximum Gasteiger partial charge on any atom is 0.317 e. The molecule has 3 N–H and O–H groups in total. The second-order valence-electron chi connectivity index (χ2n) is 7.40. The molecule has 0 radical (unpaired) electrons. The van der Waals surface area contributed by atoms with E-state index in [1.54, 1.807) is 11.0 Å². The molecule has 0 aromatic rings. The van der Waals surface area contributed by atoms with E-state index in [4.69, 9.17) is 5.73 Å². The number of piperidine rings is 1. The number of rotatable bonds is 5. The summed E-state index contributed by atoms with van der Waals surface area (Å²) in [5.74, 6) is 0.0930. The molecule has 140 valence electrons. The fourth-order valence-electron chi connectivity index (χ4n) is 4.04. The Morgan fingerprint density at radius 1 is 1.32 bits per heavy atom. The zero-order valence-corrected chi connectivity index (χ0v) is 15.2. The van der Waals surface area contributed by atoms with Crippen LogP contribution < -0.4 is 11.1 Å². The van der Waals surface area contributed by atoms with Crippen LogP contribution in [0.5, 0.6) is 0 Å². The van der Waals surface area contributed by atoms with Gasteiger partial charge >= 0.3 is 6.03 Å². The van der Waals surface area contributed by atoms with E-state index < -0.39 is 11.9 Å². The van der Waals surface area contributed by atoms with Gasteiger partial charge in [0.05, 0.1) is 0 Å². The second kappa shape index (κ2) is 8.36.